The molecule has 254 valence electrons. The molecule has 0 aliphatic carbocycles. The first-order valence-corrected chi connectivity index (χ1v) is 17.6. The van der Waals surface area contributed by atoms with Crippen LogP contribution in [0.25, 0.3) is 0 Å². The largest absolute Gasteiger partial charge is 0.508 e. The number of hydrogen-bond acceptors (Lipinski definition) is 6. The number of para-hydroxylation sites is 2. The topological polar surface area (TPSA) is 76.2 Å². The molecule has 4 N–H and O–H groups in total. The SMILES string of the molecule is CC1(C)c2cc(N3c4ccccc4C(C)(C)c4ccccc43)ccc2N(N)c2ccc(N3c4ccc(O)cc4C(C)(C)c4cc(O)ccc43)cc21. The van der Waals surface area contributed by atoms with E-state index in [1.54, 1.807) is 12.1 Å². The number of benzene rings is 6. The van der Waals surface area contributed by atoms with Crippen molar-refractivity contribution in [3.05, 3.63) is 155 Å². The van der Waals surface area contributed by atoms with Gasteiger partial charge in [-0.25, -0.2) is 5.84 Å². The number of hydrazine groups is 1. The number of anilines is 8. The van der Waals surface area contributed by atoms with E-state index in [4.69, 9.17) is 5.84 Å². The number of aromatic hydroxyl groups is 2. The fourth-order valence-electron chi connectivity index (χ4n) is 8.96. The molecule has 6 nitrogen and oxygen atoms in total. The number of phenolic OH excluding ortho intramolecular Hbond substituents is 2. The molecule has 6 heteroatoms. The zero-order valence-electron chi connectivity index (χ0n) is 29.9. The quantitative estimate of drug-likeness (QED) is 0.159. The number of hydrogen-bond donors (Lipinski definition) is 3. The highest BCUT2D eigenvalue weighted by Gasteiger charge is 2.41. The molecule has 0 spiro atoms. The lowest BCUT2D eigenvalue weighted by Gasteiger charge is -2.44. The zero-order chi connectivity index (χ0) is 35.6. The Morgan fingerprint density at radius 1 is 0.392 bits per heavy atom. The van der Waals surface area contributed by atoms with Crippen LogP contribution in [0.1, 0.15) is 74.9 Å². The number of fused-ring (bicyclic) bond motifs is 6. The summed E-state index contributed by atoms with van der Waals surface area (Å²) >= 11 is 0. The highest BCUT2D eigenvalue weighted by Crippen LogP contribution is 2.57. The van der Waals surface area contributed by atoms with E-state index < -0.39 is 10.8 Å². The van der Waals surface area contributed by atoms with Gasteiger partial charge in [-0.1, -0.05) is 77.9 Å². The van der Waals surface area contributed by atoms with Crippen molar-refractivity contribution in [2.24, 2.45) is 5.84 Å². The third kappa shape index (κ3) is 4.26. The van der Waals surface area contributed by atoms with Gasteiger partial charge in [0.05, 0.1) is 34.1 Å². The summed E-state index contributed by atoms with van der Waals surface area (Å²) in [5.74, 6) is 7.42. The summed E-state index contributed by atoms with van der Waals surface area (Å²) in [6.45, 7) is 13.5. The molecule has 6 aromatic rings. The fraction of sp³-hybridized carbons (Fsp3) is 0.200. The van der Waals surface area contributed by atoms with E-state index in [2.05, 4.69) is 136 Å². The van der Waals surface area contributed by atoms with Gasteiger partial charge in [-0.2, -0.15) is 0 Å². The molecular formula is C45H42N4O2. The molecule has 0 bridgehead atoms. The first-order valence-electron chi connectivity index (χ1n) is 17.6. The van der Waals surface area contributed by atoms with Gasteiger partial charge in [0.1, 0.15) is 11.5 Å². The van der Waals surface area contributed by atoms with E-state index in [1.165, 1.54) is 22.5 Å². The van der Waals surface area contributed by atoms with Crippen LogP contribution in [0, 0.1) is 0 Å². The van der Waals surface area contributed by atoms with E-state index in [-0.39, 0.29) is 16.9 Å². The van der Waals surface area contributed by atoms with Crippen molar-refractivity contribution in [2.45, 2.75) is 57.8 Å². The van der Waals surface area contributed by atoms with E-state index in [0.29, 0.717) is 0 Å². The monoisotopic (exact) mass is 670 g/mol. The average molecular weight is 671 g/mol. The van der Waals surface area contributed by atoms with Crippen molar-refractivity contribution in [1.29, 1.82) is 0 Å². The molecule has 0 saturated heterocycles. The van der Waals surface area contributed by atoms with Crippen LogP contribution < -0.4 is 20.7 Å². The summed E-state index contributed by atoms with van der Waals surface area (Å²) in [5, 5.41) is 23.0. The van der Waals surface area contributed by atoms with E-state index in [9.17, 15) is 10.2 Å². The predicted octanol–water partition coefficient (Wildman–Crippen LogP) is 11.0. The molecule has 0 atom stereocenters. The van der Waals surface area contributed by atoms with Gasteiger partial charge in [-0.05, 0) is 118 Å². The average Bonchev–Trinajstić information content (AvgIpc) is 3.12. The van der Waals surface area contributed by atoms with Crippen molar-refractivity contribution >= 4 is 45.5 Å². The molecule has 0 unspecified atom stereocenters. The summed E-state index contributed by atoms with van der Waals surface area (Å²) in [6.07, 6.45) is 0. The van der Waals surface area contributed by atoms with Gasteiger partial charge in [0.15, 0.2) is 0 Å². The fourth-order valence-corrected chi connectivity index (χ4v) is 8.96. The van der Waals surface area contributed by atoms with Crippen molar-refractivity contribution < 1.29 is 10.2 Å². The van der Waals surface area contributed by atoms with Gasteiger partial charge in [0, 0.05) is 27.6 Å². The van der Waals surface area contributed by atoms with Crippen molar-refractivity contribution in [1.82, 2.24) is 0 Å². The maximum Gasteiger partial charge on any atom is 0.116 e. The third-order valence-corrected chi connectivity index (χ3v) is 11.8. The first kappa shape index (κ1) is 31.3. The smallest absolute Gasteiger partial charge is 0.116 e. The highest BCUT2D eigenvalue weighted by molar-refractivity contribution is 5.91. The molecule has 0 saturated carbocycles. The van der Waals surface area contributed by atoms with Gasteiger partial charge >= 0.3 is 0 Å². The van der Waals surface area contributed by atoms with E-state index in [0.717, 1.165) is 56.4 Å². The van der Waals surface area contributed by atoms with Gasteiger partial charge in [0.25, 0.3) is 0 Å². The van der Waals surface area contributed by atoms with Crippen LogP contribution in [-0.2, 0) is 16.2 Å². The number of nitrogens with two attached hydrogens (primary N) is 1. The molecular weight excluding hydrogens is 629 g/mol. The second kappa shape index (κ2) is 10.4. The number of nitrogens with zero attached hydrogens (tertiary/aromatic N) is 3. The molecule has 0 fully saturated rings. The summed E-state index contributed by atoms with van der Waals surface area (Å²) in [6, 6.07) is 41.8. The lowest BCUT2D eigenvalue weighted by atomic mass is 9.72. The molecule has 3 heterocycles. The van der Waals surface area contributed by atoms with Gasteiger partial charge in [-0.3, -0.25) is 5.01 Å². The molecule has 3 aliphatic heterocycles. The van der Waals surface area contributed by atoms with E-state index in [1.807, 2.05) is 29.3 Å². The highest BCUT2D eigenvalue weighted by atomic mass is 16.3. The summed E-state index contributed by atoms with van der Waals surface area (Å²) in [5.41, 5.74) is 14.1. The molecule has 51 heavy (non-hydrogen) atoms. The zero-order valence-corrected chi connectivity index (χ0v) is 29.9. The lowest BCUT2D eigenvalue weighted by Crippen LogP contribution is -2.37. The maximum absolute atomic E-state index is 10.6. The van der Waals surface area contributed by atoms with Gasteiger partial charge < -0.3 is 20.0 Å². The first-order chi connectivity index (χ1) is 24.3. The summed E-state index contributed by atoms with van der Waals surface area (Å²) in [7, 11) is 0. The third-order valence-electron chi connectivity index (χ3n) is 11.8. The van der Waals surface area contributed by atoms with Crippen LogP contribution in [0.3, 0.4) is 0 Å². The van der Waals surface area contributed by atoms with Crippen LogP contribution in [0.2, 0.25) is 0 Å². The number of rotatable bonds is 2. The maximum atomic E-state index is 10.6. The van der Waals surface area contributed by atoms with Crippen LogP contribution in [0.15, 0.2) is 121 Å². The summed E-state index contributed by atoms with van der Waals surface area (Å²) in [4.78, 5) is 4.63. The number of phenols is 2. The Kier molecular flexibility index (Phi) is 6.38. The normalized spacial score (nSPS) is 17.0. The van der Waals surface area contributed by atoms with Crippen molar-refractivity contribution in [3.63, 3.8) is 0 Å². The van der Waals surface area contributed by atoms with Crippen LogP contribution in [0.4, 0.5) is 45.5 Å². The molecule has 0 radical (unpaired) electrons. The second-order valence-corrected chi connectivity index (χ2v) is 15.8. The molecule has 3 aliphatic rings. The molecule has 0 aromatic heterocycles. The Morgan fingerprint density at radius 2 is 0.725 bits per heavy atom. The van der Waals surface area contributed by atoms with Gasteiger partial charge in [0.2, 0.25) is 0 Å². The molecule has 9 rings (SSSR count). The van der Waals surface area contributed by atoms with Crippen LogP contribution >= 0.6 is 0 Å². The minimum Gasteiger partial charge on any atom is -0.508 e. The Labute approximate surface area is 299 Å². The van der Waals surface area contributed by atoms with E-state index >= 15 is 0 Å². The van der Waals surface area contributed by atoms with Crippen molar-refractivity contribution in [2.75, 3.05) is 14.8 Å². The Hall–Kier alpha value is -5.72. The summed E-state index contributed by atoms with van der Waals surface area (Å²) < 4.78 is 0. The predicted molar refractivity (Wildman–Crippen MR) is 208 cm³/mol. The standard InChI is InChI=1S/C45H42N4O2/c1-43(2)31-11-7-9-13-37(31)47(38-14-10-8-12-32(38)43)27-15-19-41-33(23-27)44(3,4)34-24-28(16-20-42(34)49(41)46)48-39-21-17-29(50)25-35(39)45(5,6)36-26-30(51)18-22-40(36)48/h7-26,50-51H,46H2,1-6H3. The Morgan fingerprint density at radius 3 is 1.16 bits per heavy atom. The minimum absolute atomic E-state index is 0.140. The second-order valence-electron chi connectivity index (χ2n) is 15.8. The molecule has 0 amide bonds. The van der Waals surface area contributed by atoms with Crippen LogP contribution in [-0.4, -0.2) is 10.2 Å². The lowest BCUT2D eigenvalue weighted by molar-refractivity contribution is 0.469. The minimum atomic E-state index is -0.448. The Bertz CT molecular complexity index is 2320. The van der Waals surface area contributed by atoms with Gasteiger partial charge in [-0.15, -0.1) is 0 Å². The Balaban J connectivity index is 1.21. The van der Waals surface area contributed by atoms with Crippen LogP contribution in [0.5, 0.6) is 11.5 Å². The molecule has 6 aromatic carbocycles. The van der Waals surface area contributed by atoms with Crippen molar-refractivity contribution in [3.8, 4) is 11.5 Å².